The quantitative estimate of drug-likeness (QED) is 0.375. The molecule has 0 unspecified atom stereocenters. The molecule has 1 amide bonds. The van der Waals surface area contributed by atoms with Gasteiger partial charge in [-0.1, -0.05) is 41.1 Å². The number of hydrogen-bond donors (Lipinski definition) is 1. The number of rotatable bonds is 4. The zero-order valence-electron chi connectivity index (χ0n) is 15.6. The molecule has 1 aliphatic rings. The molecule has 1 N–H and O–H groups in total. The highest BCUT2D eigenvalue weighted by atomic mass is 35.5. The van der Waals surface area contributed by atoms with Gasteiger partial charge in [-0.15, -0.1) is 11.3 Å². The zero-order valence-corrected chi connectivity index (χ0v) is 18.0. The molecule has 1 aliphatic heterocycles. The van der Waals surface area contributed by atoms with Crippen molar-refractivity contribution in [3.05, 3.63) is 92.6 Å². The van der Waals surface area contributed by atoms with Crippen molar-refractivity contribution in [3.63, 3.8) is 0 Å². The highest BCUT2D eigenvalue weighted by Gasteiger charge is 2.46. The number of hydrogen-bond acceptors (Lipinski definition) is 6. The summed E-state index contributed by atoms with van der Waals surface area (Å²) < 4.78 is 14.2. The maximum absolute atomic E-state index is 13.7. The van der Waals surface area contributed by atoms with E-state index < -0.39 is 29.3 Å². The van der Waals surface area contributed by atoms with Gasteiger partial charge in [-0.25, -0.2) is 9.37 Å². The predicted octanol–water partition coefficient (Wildman–Crippen LogP) is 5.93. The maximum Gasteiger partial charge on any atom is 0.296 e. The van der Waals surface area contributed by atoms with Crippen molar-refractivity contribution in [1.82, 2.24) is 4.98 Å². The van der Waals surface area contributed by atoms with E-state index in [1.165, 1.54) is 34.4 Å². The summed E-state index contributed by atoms with van der Waals surface area (Å²) in [6.07, 6.45) is 0. The van der Waals surface area contributed by atoms with E-state index in [9.17, 15) is 19.1 Å². The summed E-state index contributed by atoms with van der Waals surface area (Å²) in [6.45, 7) is 0. The van der Waals surface area contributed by atoms with E-state index in [-0.39, 0.29) is 10.7 Å². The van der Waals surface area contributed by atoms with E-state index in [2.05, 4.69) is 4.98 Å². The topological polar surface area (TPSA) is 70.5 Å². The van der Waals surface area contributed by atoms with Gasteiger partial charge in [-0.2, -0.15) is 0 Å². The first kappa shape index (κ1) is 19.9. The average Bonchev–Trinajstić information content (AvgIpc) is 3.46. The van der Waals surface area contributed by atoms with E-state index in [4.69, 9.17) is 11.6 Å². The number of fused-ring (bicyclic) bond motifs is 1. The number of carbonyl (C=O) groups excluding carboxylic acids is 2. The summed E-state index contributed by atoms with van der Waals surface area (Å²) in [5.74, 6) is -2.24. The lowest BCUT2D eigenvalue weighted by Gasteiger charge is -2.24. The summed E-state index contributed by atoms with van der Waals surface area (Å²) in [7, 11) is 0. The molecular weight excluding hydrogens is 459 g/mol. The second-order valence-electron chi connectivity index (χ2n) is 6.81. The smallest absolute Gasteiger partial charge is 0.296 e. The Bertz CT molecular complexity index is 1380. The zero-order chi connectivity index (χ0) is 21.7. The van der Waals surface area contributed by atoms with E-state index in [1.54, 1.807) is 41.8 Å². The Labute approximate surface area is 188 Å². The minimum atomic E-state index is -0.925. The number of benzene rings is 2. The van der Waals surface area contributed by atoms with Gasteiger partial charge in [0.1, 0.15) is 5.82 Å². The summed E-state index contributed by atoms with van der Waals surface area (Å²) in [5.41, 5.74) is 1.02. The lowest BCUT2D eigenvalue weighted by molar-refractivity contribution is -0.117. The Balaban J connectivity index is 1.70. The van der Waals surface area contributed by atoms with Gasteiger partial charge in [0, 0.05) is 5.02 Å². The number of aromatic nitrogens is 1. The largest absolute Gasteiger partial charge is 0.503 e. The fourth-order valence-corrected chi connectivity index (χ4v) is 5.45. The third kappa shape index (κ3) is 3.33. The number of nitrogens with zero attached hydrogens (tertiary/aromatic N) is 2. The first-order valence-corrected chi connectivity index (χ1v) is 11.2. The Hall–Kier alpha value is -3.07. The Morgan fingerprint density at radius 3 is 2.74 bits per heavy atom. The van der Waals surface area contributed by atoms with Crippen LogP contribution in [0.15, 0.2) is 71.3 Å². The first-order valence-electron chi connectivity index (χ1n) is 9.10. The maximum atomic E-state index is 13.7. The Morgan fingerprint density at radius 1 is 1.16 bits per heavy atom. The van der Waals surface area contributed by atoms with E-state index in [0.29, 0.717) is 25.7 Å². The molecule has 0 bridgehead atoms. The molecule has 0 fully saturated rings. The van der Waals surface area contributed by atoms with E-state index in [1.807, 2.05) is 0 Å². The molecule has 0 radical (unpaired) electrons. The molecule has 0 aliphatic carbocycles. The van der Waals surface area contributed by atoms with Crippen LogP contribution in [0.2, 0.25) is 5.02 Å². The monoisotopic (exact) mass is 470 g/mol. The molecule has 0 spiro atoms. The van der Waals surface area contributed by atoms with Gasteiger partial charge >= 0.3 is 0 Å². The van der Waals surface area contributed by atoms with Gasteiger partial charge < -0.3 is 5.11 Å². The van der Waals surface area contributed by atoms with Crippen LogP contribution in [0.4, 0.5) is 9.52 Å². The lowest BCUT2D eigenvalue weighted by atomic mass is 9.95. The van der Waals surface area contributed by atoms with Gasteiger partial charge in [-0.05, 0) is 47.3 Å². The summed E-state index contributed by atoms with van der Waals surface area (Å²) >= 11 is 8.50. The summed E-state index contributed by atoms with van der Waals surface area (Å²) in [6, 6.07) is 13.3. The molecule has 4 aromatic rings. The fourth-order valence-electron chi connectivity index (χ4n) is 3.56. The number of amides is 1. The SMILES string of the molecule is O=C(C1=C(O)C(=O)N(c2nc3ccc(F)cc3s2)[C@H]1c1cccc(Cl)c1)c1cccs1. The molecule has 5 nitrogen and oxygen atoms in total. The standard InChI is InChI=1S/C22H12ClFN2O3S2/c23-12-4-1-3-11(9-12)18-17(19(27)15-5-2-8-30-15)20(28)21(29)26(18)22-25-14-7-6-13(24)10-16(14)31-22/h1-10,18,28H/t18-/m0/s1. The average molecular weight is 471 g/mol. The molecule has 2 aromatic carbocycles. The predicted molar refractivity (Wildman–Crippen MR) is 120 cm³/mol. The number of Topliss-reactive ketones (excluding diaryl/α,β-unsaturated/α-hetero) is 1. The van der Waals surface area contributed by atoms with Crippen molar-refractivity contribution in [2.24, 2.45) is 0 Å². The molecule has 0 saturated heterocycles. The molecule has 0 saturated carbocycles. The second-order valence-corrected chi connectivity index (χ2v) is 9.20. The number of aliphatic hydroxyl groups is 1. The number of anilines is 1. The molecule has 154 valence electrons. The molecule has 31 heavy (non-hydrogen) atoms. The normalized spacial score (nSPS) is 16.5. The van der Waals surface area contributed by atoms with Crippen LogP contribution < -0.4 is 4.90 Å². The van der Waals surface area contributed by atoms with Crippen LogP contribution in [-0.4, -0.2) is 21.8 Å². The molecule has 3 heterocycles. The van der Waals surface area contributed by atoms with Gasteiger partial charge in [0.05, 0.1) is 26.7 Å². The minimum absolute atomic E-state index is 0.0415. The second kappa shape index (κ2) is 7.56. The highest BCUT2D eigenvalue weighted by Crippen LogP contribution is 2.44. The van der Waals surface area contributed by atoms with Crippen LogP contribution >= 0.6 is 34.3 Å². The molecular formula is C22H12ClFN2O3S2. The first-order chi connectivity index (χ1) is 14.9. The third-order valence-electron chi connectivity index (χ3n) is 4.91. The van der Waals surface area contributed by atoms with Crippen molar-refractivity contribution < 1.29 is 19.1 Å². The summed E-state index contributed by atoms with van der Waals surface area (Å²) in [4.78, 5) is 32.5. The Morgan fingerprint density at radius 2 is 2.00 bits per heavy atom. The van der Waals surface area contributed by atoms with Gasteiger partial charge in [0.25, 0.3) is 5.91 Å². The number of thiophene rings is 1. The van der Waals surface area contributed by atoms with E-state index in [0.717, 1.165) is 11.3 Å². The molecule has 5 rings (SSSR count). The van der Waals surface area contributed by atoms with Gasteiger partial charge in [0.15, 0.2) is 10.9 Å². The van der Waals surface area contributed by atoms with Crippen molar-refractivity contribution in [3.8, 4) is 0 Å². The number of ketones is 1. The van der Waals surface area contributed by atoms with Crippen LogP contribution in [0.3, 0.4) is 0 Å². The van der Waals surface area contributed by atoms with Crippen molar-refractivity contribution in [1.29, 1.82) is 0 Å². The summed E-state index contributed by atoms with van der Waals surface area (Å²) in [5, 5.41) is 13.1. The van der Waals surface area contributed by atoms with Crippen molar-refractivity contribution in [2.45, 2.75) is 6.04 Å². The van der Waals surface area contributed by atoms with Crippen molar-refractivity contribution >= 4 is 61.3 Å². The van der Waals surface area contributed by atoms with Gasteiger partial charge in [-0.3, -0.25) is 14.5 Å². The van der Waals surface area contributed by atoms with Crippen LogP contribution in [0.1, 0.15) is 21.3 Å². The lowest BCUT2D eigenvalue weighted by Crippen LogP contribution is -2.30. The molecule has 9 heteroatoms. The number of carbonyl (C=O) groups is 2. The van der Waals surface area contributed by atoms with Crippen LogP contribution in [0.5, 0.6) is 0 Å². The molecule has 2 aromatic heterocycles. The highest BCUT2D eigenvalue weighted by molar-refractivity contribution is 7.22. The number of halogens is 2. The van der Waals surface area contributed by atoms with E-state index >= 15 is 0 Å². The Kier molecular flexibility index (Phi) is 4.85. The van der Waals surface area contributed by atoms with Crippen LogP contribution in [0.25, 0.3) is 10.2 Å². The number of aliphatic hydroxyl groups excluding tert-OH is 1. The fraction of sp³-hybridized carbons (Fsp3) is 0.0455. The minimum Gasteiger partial charge on any atom is -0.503 e. The molecule has 1 atom stereocenters. The van der Waals surface area contributed by atoms with Gasteiger partial charge in [0.2, 0.25) is 5.78 Å². The third-order valence-corrected chi connectivity index (χ3v) is 7.03. The van der Waals surface area contributed by atoms with Crippen molar-refractivity contribution in [2.75, 3.05) is 4.90 Å². The van der Waals surface area contributed by atoms with Crippen LogP contribution in [0, 0.1) is 5.82 Å². The van der Waals surface area contributed by atoms with Crippen LogP contribution in [-0.2, 0) is 4.79 Å². The number of thiazole rings is 1.